The number of rotatable bonds is 10. The highest BCUT2D eigenvalue weighted by molar-refractivity contribution is 5.72. The van der Waals surface area contributed by atoms with Crippen LogP contribution in [0.5, 0.6) is 5.75 Å². The van der Waals surface area contributed by atoms with Gasteiger partial charge in [-0.1, -0.05) is 30.3 Å². The Balaban J connectivity index is 1.73. The lowest BCUT2D eigenvalue weighted by molar-refractivity contribution is 0.414. The van der Waals surface area contributed by atoms with Gasteiger partial charge < -0.3 is 24.3 Å². The highest BCUT2D eigenvalue weighted by atomic mass is 16.5. The fourth-order valence-electron chi connectivity index (χ4n) is 3.51. The first-order valence-corrected chi connectivity index (χ1v) is 11.1. The van der Waals surface area contributed by atoms with Crippen molar-refractivity contribution in [1.29, 1.82) is 0 Å². The van der Waals surface area contributed by atoms with E-state index in [9.17, 15) is 0 Å². The highest BCUT2D eigenvalue weighted by Crippen LogP contribution is 2.35. The average molecular weight is 460 g/mol. The lowest BCUT2D eigenvalue weighted by Gasteiger charge is -2.23. The molecule has 0 spiro atoms. The minimum Gasteiger partial charge on any atom is -0.496 e. The van der Waals surface area contributed by atoms with Crippen molar-refractivity contribution in [2.75, 3.05) is 51.1 Å². The monoisotopic (exact) mass is 459 g/mol. The first-order valence-electron chi connectivity index (χ1n) is 11.1. The van der Waals surface area contributed by atoms with Gasteiger partial charge in [0.2, 0.25) is 11.9 Å². The summed E-state index contributed by atoms with van der Waals surface area (Å²) in [6, 6.07) is 15.8. The lowest BCUT2D eigenvalue weighted by Crippen LogP contribution is -2.23. The van der Waals surface area contributed by atoms with Gasteiger partial charge in [0.25, 0.3) is 0 Å². The summed E-state index contributed by atoms with van der Waals surface area (Å²) in [4.78, 5) is 22.4. The number of aromatic nitrogens is 4. The maximum Gasteiger partial charge on any atom is 0.235 e. The highest BCUT2D eigenvalue weighted by Gasteiger charge is 2.18. The van der Waals surface area contributed by atoms with Crippen molar-refractivity contribution >= 4 is 17.6 Å². The van der Waals surface area contributed by atoms with E-state index in [1.54, 1.807) is 13.3 Å². The van der Waals surface area contributed by atoms with Gasteiger partial charge in [-0.25, -0.2) is 4.98 Å². The van der Waals surface area contributed by atoms with Crippen LogP contribution in [0.4, 0.5) is 17.6 Å². The zero-order chi connectivity index (χ0) is 23.9. The van der Waals surface area contributed by atoms with Crippen LogP contribution in [0, 0.1) is 0 Å². The van der Waals surface area contributed by atoms with E-state index in [0.717, 1.165) is 29.9 Å². The number of methoxy groups -OCH3 is 1. The van der Waals surface area contributed by atoms with Crippen molar-refractivity contribution < 1.29 is 9.15 Å². The van der Waals surface area contributed by atoms with E-state index in [0.29, 0.717) is 35.8 Å². The Morgan fingerprint density at radius 2 is 1.85 bits per heavy atom. The van der Waals surface area contributed by atoms with Crippen LogP contribution in [0.15, 0.2) is 65.5 Å². The van der Waals surface area contributed by atoms with Gasteiger partial charge in [0, 0.05) is 37.0 Å². The van der Waals surface area contributed by atoms with Crippen molar-refractivity contribution in [2.45, 2.75) is 6.92 Å². The molecular weight excluding hydrogens is 430 g/mol. The summed E-state index contributed by atoms with van der Waals surface area (Å²) in [5.74, 6) is 3.02. The molecule has 9 heteroatoms. The van der Waals surface area contributed by atoms with Gasteiger partial charge in [0.05, 0.1) is 18.9 Å². The van der Waals surface area contributed by atoms with Crippen molar-refractivity contribution in [3.8, 4) is 28.5 Å². The maximum atomic E-state index is 5.65. The SMILES string of the molecule is CCN(c1ccc(-c2cnco2)c(OC)c1)c1nc(NCCN(C)C)nc(-c2ccccc2)n1. The number of benzene rings is 2. The molecule has 0 fully saturated rings. The second-order valence-electron chi connectivity index (χ2n) is 7.87. The van der Waals surface area contributed by atoms with Crippen LogP contribution in [0.1, 0.15) is 6.92 Å². The third-order valence-corrected chi connectivity index (χ3v) is 5.25. The van der Waals surface area contributed by atoms with E-state index in [2.05, 4.69) is 27.1 Å². The Kier molecular flexibility index (Phi) is 7.34. The summed E-state index contributed by atoms with van der Waals surface area (Å²) in [5, 5.41) is 3.33. The quantitative estimate of drug-likeness (QED) is 0.372. The van der Waals surface area contributed by atoms with Gasteiger partial charge in [-0.05, 0) is 33.2 Å². The minimum atomic E-state index is 0.536. The van der Waals surface area contributed by atoms with E-state index in [1.807, 2.05) is 67.5 Å². The second kappa shape index (κ2) is 10.8. The molecule has 0 saturated carbocycles. The molecule has 0 saturated heterocycles. The molecule has 9 nitrogen and oxygen atoms in total. The molecule has 0 bridgehead atoms. The first-order chi connectivity index (χ1) is 16.6. The zero-order valence-corrected chi connectivity index (χ0v) is 19.9. The molecule has 0 aliphatic heterocycles. The van der Waals surface area contributed by atoms with Gasteiger partial charge in [-0.2, -0.15) is 15.0 Å². The molecule has 0 radical (unpaired) electrons. The Labute approximate surface area is 199 Å². The lowest BCUT2D eigenvalue weighted by atomic mass is 10.1. The van der Waals surface area contributed by atoms with Gasteiger partial charge in [0.15, 0.2) is 18.0 Å². The Hall–Kier alpha value is -3.98. The fourth-order valence-corrected chi connectivity index (χ4v) is 3.51. The average Bonchev–Trinajstić information content (AvgIpc) is 3.39. The fraction of sp³-hybridized carbons (Fsp3) is 0.280. The summed E-state index contributed by atoms with van der Waals surface area (Å²) in [7, 11) is 5.70. The molecule has 2 heterocycles. The number of likely N-dealkylation sites (N-methyl/N-ethyl adjacent to an activating group) is 1. The van der Waals surface area contributed by atoms with E-state index >= 15 is 0 Å². The summed E-state index contributed by atoms with van der Waals surface area (Å²) in [6.07, 6.45) is 3.07. The molecule has 2 aromatic carbocycles. The number of nitrogens with zero attached hydrogens (tertiary/aromatic N) is 6. The molecule has 0 aliphatic carbocycles. The number of hydrogen-bond donors (Lipinski definition) is 1. The van der Waals surface area contributed by atoms with Crippen LogP contribution in [-0.4, -0.2) is 65.7 Å². The van der Waals surface area contributed by atoms with E-state index < -0.39 is 0 Å². The molecule has 1 N–H and O–H groups in total. The molecule has 2 aromatic heterocycles. The van der Waals surface area contributed by atoms with Crippen LogP contribution in [-0.2, 0) is 0 Å². The smallest absolute Gasteiger partial charge is 0.235 e. The standard InChI is InChI=1S/C25H29N7O2/c1-5-32(19-11-12-20(21(15-19)33-4)22-16-26-17-34-22)25-29-23(18-9-7-6-8-10-18)28-24(30-25)27-13-14-31(2)3/h6-12,15-17H,5,13-14H2,1-4H3,(H,27,28,29,30). The second-order valence-corrected chi connectivity index (χ2v) is 7.87. The summed E-state index contributed by atoms with van der Waals surface area (Å²) in [5.41, 5.74) is 2.65. The molecule has 34 heavy (non-hydrogen) atoms. The Morgan fingerprint density at radius 1 is 1.03 bits per heavy atom. The largest absolute Gasteiger partial charge is 0.496 e. The molecule has 0 amide bonds. The van der Waals surface area contributed by atoms with E-state index in [4.69, 9.17) is 19.1 Å². The van der Waals surface area contributed by atoms with Gasteiger partial charge >= 0.3 is 0 Å². The van der Waals surface area contributed by atoms with Crippen LogP contribution >= 0.6 is 0 Å². The van der Waals surface area contributed by atoms with Crippen molar-refractivity contribution in [3.63, 3.8) is 0 Å². The number of anilines is 3. The molecule has 0 atom stereocenters. The van der Waals surface area contributed by atoms with Gasteiger partial charge in [-0.3, -0.25) is 0 Å². The molecule has 176 valence electrons. The number of oxazole rings is 1. The molecule has 4 aromatic rings. The van der Waals surface area contributed by atoms with Crippen LogP contribution in [0.25, 0.3) is 22.7 Å². The third kappa shape index (κ3) is 5.32. The van der Waals surface area contributed by atoms with E-state index in [-0.39, 0.29) is 0 Å². The molecular formula is C25H29N7O2. The van der Waals surface area contributed by atoms with Gasteiger partial charge in [-0.15, -0.1) is 0 Å². The predicted molar refractivity (Wildman–Crippen MR) is 133 cm³/mol. The first kappa shape index (κ1) is 23.2. The zero-order valence-electron chi connectivity index (χ0n) is 19.9. The van der Waals surface area contributed by atoms with Crippen LogP contribution < -0.4 is 15.0 Å². The summed E-state index contributed by atoms with van der Waals surface area (Å²) < 4.78 is 11.1. The maximum absolute atomic E-state index is 5.65. The third-order valence-electron chi connectivity index (χ3n) is 5.25. The molecule has 0 unspecified atom stereocenters. The topological polar surface area (TPSA) is 92.4 Å². The van der Waals surface area contributed by atoms with E-state index in [1.165, 1.54) is 6.39 Å². The number of ether oxygens (including phenoxy) is 1. The van der Waals surface area contributed by atoms with Gasteiger partial charge in [0.1, 0.15) is 5.75 Å². The summed E-state index contributed by atoms with van der Waals surface area (Å²) in [6.45, 7) is 4.29. The van der Waals surface area contributed by atoms with Crippen LogP contribution in [0.2, 0.25) is 0 Å². The number of nitrogens with one attached hydrogen (secondary N) is 1. The van der Waals surface area contributed by atoms with Crippen molar-refractivity contribution in [1.82, 2.24) is 24.8 Å². The molecule has 4 rings (SSSR count). The number of hydrogen-bond acceptors (Lipinski definition) is 9. The Bertz CT molecular complexity index is 1200. The van der Waals surface area contributed by atoms with Crippen LogP contribution in [0.3, 0.4) is 0 Å². The predicted octanol–water partition coefficient (Wildman–Crippen LogP) is 4.33. The summed E-state index contributed by atoms with van der Waals surface area (Å²) >= 11 is 0. The molecule has 0 aliphatic rings. The minimum absolute atomic E-state index is 0.536. The normalized spacial score (nSPS) is 11.0. The Morgan fingerprint density at radius 3 is 2.53 bits per heavy atom. The van der Waals surface area contributed by atoms with Crippen molar-refractivity contribution in [3.05, 3.63) is 61.1 Å². The van der Waals surface area contributed by atoms with Crippen molar-refractivity contribution in [2.24, 2.45) is 0 Å².